The molecule has 0 fully saturated rings. The first-order chi connectivity index (χ1) is 8.74. The van der Waals surface area contributed by atoms with E-state index in [-0.39, 0.29) is 5.78 Å². The van der Waals surface area contributed by atoms with Crippen LogP contribution in [-0.4, -0.2) is 19.0 Å². The summed E-state index contributed by atoms with van der Waals surface area (Å²) in [6.45, 7) is 6.83. The molecule has 99 valence electrons. The summed E-state index contributed by atoms with van der Waals surface area (Å²) in [5, 5.41) is 0. The Balaban J connectivity index is 3.04. The lowest BCUT2D eigenvalue weighted by Crippen LogP contribution is -2.07. The van der Waals surface area contributed by atoms with Crippen molar-refractivity contribution in [3.63, 3.8) is 0 Å². The SMILES string of the molecule is C[CH]CCC(=O)c1c(OCC)cccc1OCC. The molecule has 0 aliphatic carbocycles. The fraction of sp³-hybridized carbons (Fsp3) is 0.467. The maximum atomic E-state index is 12.2. The molecule has 1 radical (unpaired) electrons. The Morgan fingerprint density at radius 1 is 1.17 bits per heavy atom. The van der Waals surface area contributed by atoms with E-state index < -0.39 is 0 Å². The highest BCUT2D eigenvalue weighted by Crippen LogP contribution is 2.30. The highest BCUT2D eigenvalue weighted by molar-refractivity contribution is 6.01. The van der Waals surface area contributed by atoms with Gasteiger partial charge in [-0.15, -0.1) is 0 Å². The molecule has 0 atom stereocenters. The standard InChI is InChI=1S/C15H21O3/c1-4-7-9-12(16)15-13(17-5-2)10-8-11-14(15)18-6-3/h4,8,10-11H,5-7,9H2,1-3H3. The van der Waals surface area contributed by atoms with E-state index in [2.05, 4.69) is 0 Å². The van der Waals surface area contributed by atoms with Gasteiger partial charge in [0.05, 0.1) is 13.2 Å². The summed E-state index contributed by atoms with van der Waals surface area (Å²) in [7, 11) is 0. The Bertz CT molecular complexity index is 361. The topological polar surface area (TPSA) is 35.5 Å². The van der Waals surface area contributed by atoms with Gasteiger partial charge >= 0.3 is 0 Å². The molecule has 0 unspecified atom stereocenters. The molecule has 0 aromatic heterocycles. The number of ether oxygens (including phenoxy) is 2. The molecule has 3 heteroatoms. The van der Waals surface area contributed by atoms with Crippen molar-refractivity contribution in [2.45, 2.75) is 33.6 Å². The number of benzene rings is 1. The second-order valence-electron chi connectivity index (χ2n) is 3.87. The van der Waals surface area contributed by atoms with Gasteiger partial charge < -0.3 is 9.47 Å². The van der Waals surface area contributed by atoms with Gasteiger partial charge in [0.2, 0.25) is 0 Å². The second kappa shape index (κ2) is 7.75. The van der Waals surface area contributed by atoms with Crippen molar-refractivity contribution >= 4 is 5.78 Å². The summed E-state index contributed by atoms with van der Waals surface area (Å²) in [5.41, 5.74) is 0.572. The monoisotopic (exact) mass is 249 g/mol. The molecule has 1 rings (SSSR count). The maximum absolute atomic E-state index is 12.2. The predicted molar refractivity (Wildman–Crippen MR) is 72.3 cm³/mol. The lowest BCUT2D eigenvalue weighted by molar-refractivity contribution is 0.0975. The molecular formula is C15H21O3. The van der Waals surface area contributed by atoms with Crippen LogP contribution in [-0.2, 0) is 0 Å². The van der Waals surface area contributed by atoms with Crippen LogP contribution >= 0.6 is 0 Å². The average molecular weight is 249 g/mol. The predicted octanol–water partition coefficient (Wildman–Crippen LogP) is 3.67. The molecule has 0 amide bonds. The van der Waals surface area contributed by atoms with E-state index in [9.17, 15) is 4.79 Å². The molecule has 0 heterocycles. The van der Waals surface area contributed by atoms with Crippen molar-refractivity contribution in [2.24, 2.45) is 0 Å². The van der Waals surface area contributed by atoms with Crippen LogP contribution in [0, 0.1) is 6.42 Å². The van der Waals surface area contributed by atoms with E-state index >= 15 is 0 Å². The molecular weight excluding hydrogens is 228 g/mol. The summed E-state index contributed by atoms with van der Waals surface area (Å²) >= 11 is 0. The number of rotatable bonds is 8. The van der Waals surface area contributed by atoms with Gasteiger partial charge in [-0.3, -0.25) is 4.79 Å². The third-order valence-corrected chi connectivity index (χ3v) is 2.53. The lowest BCUT2D eigenvalue weighted by Gasteiger charge is -2.14. The van der Waals surface area contributed by atoms with E-state index in [0.717, 1.165) is 6.42 Å². The van der Waals surface area contributed by atoms with Gasteiger partial charge in [0, 0.05) is 6.42 Å². The Labute approximate surface area is 109 Å². The van der Waals surface area contributed by atoms with Gasteiger partial charge in [-0.1, -0.05) is 13.0 Å². The van der Waals surface area contributed by atoms with Crippen molar-refractivity contribution in [2.75, 3.05) is 13.2 Å². The quantitative estimate of drug-likeness (QED) is 0.659. The lowest BCUT2D eigenvalue weighted by atomic mass is 10.0. The van der Waals surface area contributed by atoms with E-state index in [1.54, 1.807) is 0 Å². The largest absolute Gasteiger partial charge is 0.493 e. The number of carbonyl (C=O) groups is 1. The van der Waals surface area contributed by atoms with Gasteiger partial charge in [-0.25, -0.2) is 0 Å². The average Bonchev–Trinajstić information content (AvgIpc) is 2.37. The van der Waals surface area contributed by atoms with E-state index in [1.807, 2.05) is 45.4 Å². The minimum atomic E-state index is 0.0700. The van der Waals surface area contributed by atoms with E-state index in [0.29, 0.717) is 36.7 Å². The van der Waals surface area contributed by atoms with Crippen LogP contribution in [0.5, 0.6) is 11.5 Å². The summed E-state index contributed by atoms with van der Waals surface area (Å²) < 4.78 is 11.0. The van der Waals surface area contributed by atoms with Crippen LogP contribution in [0.3, 0.4) is 0 Å². The van der Waals surface area contributed by atoms with Crippen LogP contribution in [0.4, 0.5) is 0 Å². The first-order valence-electron chi connectivity index (χ1n) is 6.44. The summed E-state index contributed by atoms with van der Waals surface area (Å²) in [4.78, 5) is 12.2. The number of ketones is 1. The zero-order valence-corrected chi connectivity index (χ0v) is 11.4. The third kappa shape index (κ3) is 3.76. The first kappa shape index (κ1) is 14.6. The smallest absolute Gasteiger partial charge is 0.170 e. The Morgan fingerprint density at radius 2 is 1.72 bits per heavy atom. The Kier molecular flexibility index (Phi) is 6.26. The molecule has 0 aliphatic heterocycles. The molecule has 0 N–H and O–H groups in total. The zero-order valence-electron chi connectivity index (χ0n) is 11.4. The van der Waals surface area contributed by atoms with Crippen molar-refractivity contribution in [3.05, 3.63) is 30.2 Å². The zero-order chi connectivity index (χ0) is 13.4. The van der Waals surface area contributed by atoms with Crippen molar-refractivity contribution < 1.29 is 14.3 Å². The van der Waals surface area contributed by atoms with E-state index in [4.69, 9.17) is 9.47 Å². The molecule has 0 saturated carbocycles. The fourth-order valence-electron chi connectivity index (χ4n) is 1.74. The Morgan fingerprint density at radius 3 is 2.17 bits per heavy atom. The van der Waals surface area contributed by atoms with E-state index in [1.165, 1.54) is 0 Å². The molecule has 1 aromatic carbocycles. The van der Waals surface area contributed by atoms with Crippen LogP contribution in [0.15, 0.2) is 18.2 Å². The Hall–Kier alpha value is -1.51. The minimum absolute atomic E-state index is 0.0700. The van der Waals surface area contributed by atoms with Gasteiger partial charge in [0.1, 0.15) is 17.1 Å². The number of Topliss-reactive ketones (excluding diaryl/α,β-unsaturated/α-hetero) is 1. The van der Waals surface area contributed by atoms with Gasteiger partial charge in [-0.2, -0.15) is 0 Å². The number of hydrogen-bond donors (Lipinski definition) is 0. The van der Waals surface area contributed by atoms with Crippen LogP contribution in [0.25, 0.3) is 0 Å². The second-order valence-corrected chi connectivity index (χ2v) is 3.87. The van der Waals surface area contributed by atoms with Crippen molar-refractivity contribution in [3.8, 4) is 11.5 Å². The van der Waals surface area contributed by atoms with Crippen LogP contribution in [0.2, 0.25) is 0 Å². The third-order valence-electron chi connectivity index (χ3n) is 2.53. The molecule has 18 heavy (non-hydrogen) atoms. The van der Waals surface area contributed by atoms with Crippen LogP contribution < -0.4 is 9.47 Å². The molecule has 0 bridgehead atoms. The van der Waals surface area contributed by atoms with Crippen LogP contribution in [0.1, 0.15) is 44.0 Å². The minimum Gasteiger partial charge on any atom is -0.493 e. The summed E-state index contributed by atoms with van der Waals surface area (Å²) in [6, 6.07) is 5.47. The van der Waals surface area contributed by atoms with Gasteiger partial charge in [0.25, 0.3) is 0 Å². The molecule has 3 nitrogen and oxygen atoms in total. The maximum Gasteiger partial charge on any atom is 0.170 e. The number of hydrogen-bond acceptors (Lipinski definition) is 3. The normalized spacial score (nSPS) is 10.2. The summed E-state index contributed by atoms with van der Waals surface area (Å²) in [6.07, 6.45) is 3.24. The van der Waals surface area contributed by atoms with Crippen molar-refractivity contribution in [1.82, 2.24) is 0 Å². The highest BCUT2D eigenvalue weighted by Gasteiger charge is 2.17. The molecule has 0 spiro atoms. The highest BCUT2D eigenvalue weighted by atomic mass is 16.5. The van der Waals surface area contributed by atoms with Crippen molar-refractivity contribution in [1.29, 1.82) is 0 Å². The van der Waals surface area contributed by atoms with Gasteiger partial charge in [-0.05, 0) is 38.8 Å². The molecule has 0 aliphatic rings. The molecule has 1 aromatic rings. The fourth-order valence-corrected chi connectivity index (χ4v) is 1.74. The number of carbonyl (C=O) groups excluding carboxylic acids is 1. The summed E-state index contributed by atoms with van der Waals surface area (Å²) in [5.74, 6) is 1.30. The molecule has 0 saturated heterocycles. The van der Waals surface area contributed by atoms with Gasteiger partial charge in [0.15, 0.2) is 5.78 Å². The first-order valence-corrected chi connectivity index (χ1v) is 6.44. The number of unbranched alkanes of at least 4 members (excludes halogenated alkanes) is 1.